The highest BCUT2D eigenvalue weighted by Crippen LogP contribution is 2.46. The smallest absolute Gasteiger partial charge is 0.367 e. The fourth-order valence-corrected chi connectivity index (χ4v) is 26.5. The summed E-state index contributed by atoms with van der Waals surface area (Å²) < 4.78 is 163. The summed E-state index contributed by atoms with van der Waals surface area (Å²) in [5.74, 6) is -12.0. The highest BCUT2D eigenvalue weighted by Gasteiger charge is 2.65. The normalized spacial score (nSPS) is 26.2. The molecule has 35 heteroatoms. The molecule has 4 saturated heterocycles. The van der Waals surface area contributed by atoms with E-state index in [2.05, 4.69) is 73.0 Å². The van der Waals surface area contributed by atoms with E-state index >= 15 is 13.2 Å². The van der Waals surface area contributed by atoms with Crippen molar-refractivity contribution in [3.8, 4) is 0 Å². The molecule has 0 saturated carbocycles. The number of ether oxygens (including phenoxy) is 18. The van der Waals surface area contributed by atoms with Crippen molar-refractivity contribution in [3.63, 3.8) is 0 Å². The minimum Gasteiger partial charge on any atom is -0.462 e. The van der Waals surface area contributed by atoms with Gasteiger partial charge in [0.05, 0.1) is 67.9 Å². The molecular weight excluding hydrogens is 1870 g/mol. The van der Waals surface area contributed by atoms with Crippen molar-refractivity contribution in [1.82, 2.24) is 10.0 Å². The molecule has 4 heterocycles. The van der Waals surface area contributed by atoms with Crippen LogP contribution in [0.1, 0.15) is 110 Å². The Morgan fingerprint density at radius 1 is 0.492 bits per heavy atom. The molecule has 0 aliphatic carbocycles. The number of carbonyl (C=O) groups is 8. The number of amides is 1. The second-order valence-corrected chi connectivity index (χ2v) is 48.5. The Hall–Kier alpha value is -9.11. The first kappa shape index (κ1) is 103. The molecule has 4 aliphatic rings. The number of sulfonamides is 1. The minimum absolute atomic E-state index is 0.0300. The lowest BCUT2D eigenvalue weighted by Gasteiger charge is -2.53. The first-order chi connectivity index (χ1) is 62.9. The highest BCUT2D eigenvalue weighted by molar-refractivity contribution is 14.1. The lowest BCUT2D eigenvalue weighted by Crippen LogP contribution is -2.72. The van der Waals surface area contributed by atoms with Gasteiger partial charge in [-0.15, -0.1) is 0 Å². The fourth-order valence-electron chi connectivity index (χ4n) is 16.6. The SMILES string of the molecule is CC(=O)N[C@H]1[C@H]([C@@H](OC(C)=O)[C@@H](COC(C)=O)OC(C)=O)O[C@@](O[C@H]2[C@@H](OC(C)=O)[C@@H](COCc3ccccc3)O[C@@H](O[C@H]3[C@H](O[C@@H]4O[C@@H](C)[C@@H](OCc5ccccc5)[C@@H](OCc5ccccc5)[C@@H]4OCc4ccccc4)[C@H](I)[C@@H](NS(=O)(=O)CC[Si](C)(C)C)O[C@@H]3CO[Si](c3ccccc3)(c3ccccc3)C(C)(C)C)[C@@H]2OC(C)=O)(C(=O)OCc2ccccc2)C[C@@H]1OC(C)=O. The van der Waals surface area contributed by atoms with Crippen molar-refractivity contribution in [2.24, 2.45) is 0 Å². The molecule has 132 heavy (non-hydrogen) atoms. The zero-order valence-electron chi connectivity index (χ0n) is 76.7. The number of rotatable bonds is 42. The van der Waals surface area contributed by atoms with E-state index in [1.54, 1.807) is 60.7 Å². The quantitative estimate of drug-likeness (QED) is 0.0118. The molecule has 21 atom stereocenters. The Bertz CT molecular complexity index is 4960. The molecule has 0 radical (unpaired) electrons. The maximum atomic E-state index is 16.5. The van der Waals surface area contributed by atoms with Crippen LogP contribution in [0, 0.1) is 0 Å². The summed E-state index contributed by atoms with van der Waals surface area (Å²) in [6.07, 6.45) is -31.4. The molecule has 0 unspecified atom stereocenters. The number of carbonyl (C=O) groups excluding carboxylic acids is 8. The Kier molecular flexibility index (Phi) is 37.5. The van der Waals surface area contributed by atoms with Crippen molar-refractivity contribution >= 4 is 107 Å². The van der Waals surface area contributed by atoms with E-state index in [1.165, 1.54) is 0 Å². The number of alkyl halides is 1. The monoisotopic (exact) mass is 1990 g/mol. The van der Waals surface area contributed by atoms with Crippen LogP contribution in [-0.2, 0) is 171 Å². The van der Waals surface area contributed by atoms with Gasteiger partial charge in [0.1, 0.15) is 80.5 Å². The van der Waals surface area contributed by atoms with Gasteiger partial charge in [0.25, 0.3) is 14.1 Å². The summed E-state index contributed by atoms with van der Waals surface area (Å²) in [6.45, 7) is 18.9. The lowest BCUT2D eigenvalue weighted by atomic mass is 9.87. The van der Waals surface area contributed by atoms with Crippen LogP contribution in [0.2, 0.25) is 30.7 Å². The number of benzene rings is 7. The number of hydrogen-bond donors (Lipinski definition) is 2. The van der Waals surface area contributed by atoms with Gasteiger partial charge in [0.15, 0.2) is 37.0 Å². The first-order valence-corrected chi connectivity index (χ1v) is 52.5. The first-order valence-electron chi connectivity index (χ1n) is 44.0. The van der Waals surface area contributed by atoms with Crippen molar-refractivity contribution < 1.29 is 136 Å². The van der Waals surface area contributed by atoms with Crippen LogP contribution in [0.5, 0.6) is 0 Å². The third kappa shape index (κ3) is 28.7. The second kappa shape index (κ2) is 47.9. The largest absolute Gasteiger partial charge is 0.462 e. The Balaban J connectivity index is 1.17. The van der Waals surface area contributed by atoms with Gasteiger partial charge in [-0.3, -0.25) is 33.6 Å². The van der Waals surface area contributed by atoms with Crippen molar-refractivity contribution in [2.75, 3.05) is 25.6 Å². The van der Waals surface area contributed by atoms with Gasteiger partial charge in [0.2, 0.25) is 15.9 Å². The van der Waals surface area contributed by atoms with Gasteiger partial charge in [-0.1, -0.05) is 275 Å². The fraction of sp³-hybridized carbons (Fsp3) is 0.485. The third-order valence-corrected chi connectivity index (χ3v) is 32.3. The highest BCUT2D eigenvalue weighted by atomic mass is 127. The zero-order valence-corrected chi connectivity index (χ0v) is 81.6. The van der Waals surface area contributed by atoms with Gasteiger partial charge in [0, 0.05) is 56.5 Å². The molecule has 7 aromatic carbocycles. The number of nitrogens with one attached hydrogen (secondary N) is 2. The molecule has 0 bridgehead atoms. The van der Waals surface area contributed by atoms with Crippen LogP contribution < -0.4 is 20.4 Å². The van der Waals surface area contributed by atoms with Crippen LogP contribution >= 0.6 is 22.6 Å². The van der Waals surface area contributed by atoms with E-state index in [9.17, 15) is 33.6 Å². The Morgan fingerprint density at radius 3 is 1.42 bits per heavy atom. The third-order valence-electron chi connectivity index (χ3n) is 22.5. The van der Waals surface area contributed by atoms with Gasteiger partial charge < -0.3 is 95.0 Å². The Morgan fingerprint density at radius 2 is 0.947 bits per heavy atom. The van der Waals surface area contributed by atoms with Crippen LogP contribution in [0.15, 0.2) is 212 Å². The molecule has 714 valence electrons. The van der Waals surface area contributed by atoms with E-state index in [-0.39, 0.29) is 32.2 Å². The molecule has 31 nitrogen and oxygen atoms in total. The molecule has 0 spiro atoms. The summed E-state index contributed by atoms with van der Waals surface area (Å²) in [7, 11) is -10.2. The molecule has 1 amide bonds. The number of hydrogen-bond acceptors (Lipinski definition) is 29. The van der Waals surface area contributed by atoms with Crippen molar-refractivity contribution in [3.05, 3.63) is 240 Å². The van der Waals surface area contributed by atoms with Gasteiger partial charge >= 0.3 is 41.8 Å². The predicted octanol–water partition coefficient (Wildman–Crippen LogP) is 10.9. The summed E-state index contributed by atoms with van der Waals surface area (Å²) in [6, 6.07) is 63.7. The second-order valence-electron chi connectivity index (χ2n) is 35.2. The minimum atomic E-state index is -4.33. The standard InChI is InChI=1S/C97H121IN2O29SSi2/c1-61-82(113-54-70-38-24-16-25-39-70)88(114-55-71-40-26-17-27-41-71)90(115-56-72-42-28-18-29-43-72)93(118-61)127-86-80(98)92(100-130(109,110)50-51-131(12,13)14)124-79(60-117-132(96(9,10)11,74-46-32-20-33-47-74)75-48-34-21-35-49-75)83(86)126-94-91(123-68(8)107)89(85(122-67(7)106)77(125-94)58-111-53-69-36-22-15-23-37-69)129-97(95(108)116-57-73-44-30-19-31-45-73)52-76(119-64(4)103)81(99-62(2)101)87(128-97)84(121-66(6)105)78(120-65(5)104)59-112-63(3)102/h15-49,61,76-94,100H,50-60H2,1-14H3,(H,99,101)/t61-,76-,77+,78+,79+,80-,81+,82+,83+,84-,85-,86+,87+,88+,89-,90-,91+,92-,93-,94-,97-/m0/s1. The summed E-state index contributed by atoms with van der Waals surface area (Å²) in [4.78, 5) is 114. The Labute approximate surface area is 786 Å². The van der Waals surface area contributed by atoms with Crippen LogP contribution in [0.4, 0.5) is 0 Å². The maximum Gasteiger partial charge on any atom is 0.367 e. The van der Waals surface area contributed by atoms with E-state index < -0.39 is 238 Å². The van der Waals surface area contributed by atoms with Crippen LogP contribution in [0.25, 0.3) is 0 Å². The van der Waals surface area contributed by atoms with Gasteiger partial charge in [-0.25, -0.2) is 13.2 Å². The van der Waals surface area contributed by atoms with Crippen LogP contribution in [-0.4, -0.2) is 224 Å². The maximum absolute atomic E-state index is 16.5. The number of halogens is 1. The lowest BCUT2D eigenvalue weighted by molar-refractivity contribution is -0.386. The molecule has 4 aliphatic heterocycles. The van der Waals surface area contributed by atoms with E-state index in [1.807, 2.05) is 159 Å². The molecule has 0 aromatic heterocycles. The average Bonchev–Trinajstić information content (AvgIpc) is 0.751. The molecule has 11 rings (SSSR count). The summed E-state index contributed by atoms with van der Waals surface area (Å²) >= 11 is 2.06. The van der Waals surface area contributed by atoms with Crippen molar-refractivity contribution in [2.45, 2.75) is 272 Å². The van der Waals surface area contributed by atoms with E-state index in [0.717, 1.165) is 75.5 Å². The summed E-state index contributed by atoms with van der Waals surface area (Å²) in [5.41, 5.74) is 3.42. The molecule has 7 aromatic rings. The van der Waals surface area contributed by atoms with E-state index in [4.69, 9.17) is 89.7 Å². The molecular formula is C97H121IN2O29SSi2. The van der Waals surface area contributed by atoms with Gasteiger partial charge in [-0.2, -0.15) is 4.72 Å². The zero-order chi connectivity index (χ0) is 95.1. The van der Waals surface area contributed by atoms with Crippen LogP contribution in [0.3, 0.4) is 0 Å². The van der Waals surface area contributed by atoms with Crippen molar-refractivity contribution in [1.29, 1.82) is 0 Å². The molecule has 2 N–H and O–H groups in total. The predicted molar refractivity (Wildman–Crippen MR) is 494 cm³/mol. The van der Waals surface area contributed by atoms with E-state index in [0.29, 0.717) is 17.2 Å². The average molecular weight is 1990 g/mol. The summed E-state index contributed by atoms with van der Waals surface area (Å²) in [5, 5.41) is 3.59. The molecule has 4 fully saturated rings. The number of esters is 7. The van der Waals surface area contributed by atoms with Gasteiger partial charge in [-0.05, 0) is 56.2 Å². The topological polar surface area (TPSA) is 370 Å².